The molecule has 21 heavy (non-hydrogen) atoms. The Bertz CT molecular complexity index is 645. The molecular formula is C15H14Br2N2O2. The molecule has 4 nitrogen and oxygen atoms in total. The number of halogens is 2. The maximum absolute atomic E-state index is 11.7. The Morgan fingerprint density at radius 3 is 2.38 bits per heavy atom. The largest absolute Gasteiger partial charge is 0.496 e. The molecule has 6 heteroatoms. The highest BCUT2D eigenvalue weighted by molar-refractivity contribution is 9.10. The van der Waals surface area contributed by atoms with Crippen molar-refractivity contribution < 1.29 is 9.53 Å². The standard InChI is InChI=1S/C15H14Br2N2O2/c1-21-13-7-2-9(8-12(13)17)14(15(18)20)19-11-5-3-10(16)4-6-11/h2-8,14,19H,1H3,(H2,18,20). The van der Waals surface area contributed by atoms with Gasteiger partial charge in [-0.1, -0.05) is 22.0 Å². The van der Waals surface area contributed by atoms with Gasteiger partial charge in [-0.05, 0) is 57.9 Å². The molecule has 2 rings (SSSR count). The van der Waals surface area contributed by atoms with E-state index in [-0.39, 0.29) is 0 Å². The Morgan fingerprint density at radius 1 is 1.19 bits per heavy atom. The van der Waals surface area contributed by atoms with Crippen LogP contribution in [-0.2, 0) is 4.79 Å². The number of nitrogens with one attached hydrogen (secondary N) is 1. The van der Waals surface area contributed by atoms with Crippen molar-refractivity contribution in [3.05, 3.63) is 57.0 Å². The molecular weight excluding hydrogens is 400 g/mol. The van der Waals surface area contributed by atoms with Crippen LogP contribution in [0.25, 0.3) is 0 Å². The number of rotatable bonds is 5. The first-order valence-electron chi connectivity index (χ1n) is 6.16. The van der Waals surface area contributed by atoms with Gasteiger partial charge in [0, 0.05) is 10.2 Å². The van der Waals surface area contributed by atoms with Crippen LogP contribution in [-0.4, -0.2) is 13.0 Å². The third kappa shape index (κ3) is 3.98. The van der Waals surface area contributed by atoms with E-state index < -0.39 is 11.9 Å². The van der Waals surface area contributed by atoms with Crippen LogP contribution in [0.4, 0.5) is 5.69 Å². The number of hydrogen-bond acceptors (Lipinski definition) is 3. The molecule has 0 saturated carbocycles. The number of anilines is 1. The Kier molecular flexibility index (Phi) is 5.25. The fourth-order valence-corrected chi connectivity index (χ4v) is 2.72. The van der Waals surface area contributed by atoms with Gasteiger partial charge in [-0.3, -0.25) is 4.79 Å². The summed E-state index contributed by atoms with van der Waals surface area (Å²) in [6.45, 7) is 0. The van der Waals surface area contributed by atoms with Gasteiger partial charge in [0.2, 0.25) is 5.91 Å². The second kappa shape index (κ2) is 6.95. The summed E-state index contributed by atoms with van der Waals surface area (Å²) in [7, 11) is 1.59. The van der Waals surface area contributed by atoms with Gasteiger partial charge in [0.15, 0.2) is 0 Å². The lowest BCUT2D eigenvalue weighted by Crippen LogP contribution is -2.27. The molecule has 2 aromatic rings. The maximum atomic E-state index is 11.7. The van der Waals surface area contributed by atoms with Gasteiger partial charge < -0.3 is 15.8 Å². The van der Waals surface area contributed by atoms with Gasteiger partial charge in [-0.15, -0.1) is 0 Å². The van der Waals surface area contributed by atoms with Crippen molar-refractivity contribution in [2.75, 3.05) is 12.4 Å². The Hall–Kier alpha value is -1.53. The van der Waals surface area contributed by atoms with Crippen molar-refractivity contribution in [1.82, 2.24) is 0 Å². The summed E-state index contributed by atoms with van der Waals surface area (Å²) < 4.78 is 6.92. The van der Waals surface area contributed by atoms with Crippen LogP contribution < -0.4 is 15.8 Å². The molecule has 0 aliphatic heterocycles. The van der Waals surface area contributed by atoms with Crippen molar-refractivity contribution in [2.24, 2.45) is 5.73 Å². The predicted octanol–water partition coefficient (Wildman–Crippen LogP) is 3.86. The van der Waals surface area contributed by atoms with E-state index in [0.29, 0.717) is 5.75 Å². The number of amides is 1. The summed E-state index contributed by atoms with van der Waals surface area (Å²) in [5.41, 5.74) is 7.09. The van der Waals surface area contributed by atoms with Gasteiger partial charge in [-0.25, -0.2) is 0 Å². The first-order valence-corrected chi connectivity index (χ1v) is 7.74. The number of methoxy groups -OCH3 is 1. The minimum absolute atomic E-state index is 0.449. The van der Waals surface area contributed by atoms with Crippen LogP contribution in [0.15, 0.2) is 51.4 Å². The second-order valence-corrected chi connectivity index (χ2v) is 6.15. The molecule has 0 saturated heterocycles. The zero-order chi connectivity index (χ0) is 15.4. The number of carbonyl (C=O) groups excluding carboxylic acids is 1. The van der Waals surface area contributed by atoms with Crippen molar-refractivity contribution in [1.29, 1.82) is 0 Å². The predicted molar refractivity (Wildman–Crippen MR) is 90.4 cm³/mol. The van der Waals surface area contributed by atoms with E-state index in [2.05, 4.69) is 37.2 Å². The van der Waals surface area contributed by atoms with Gasteiger partial charge in [0.25, 0.3) is 0 Å². The molecule has 0 aromatic heterocycles. The van der Waals surface area contributed by atoms with Crippen LogP contribution in [0.5, 0.6) is 5.75 Å². The van der Waals surface area contributed by atoms with E-state index in [1.807, 2.05) is 36.4 Å². The molecule has 0 fully saturated rings. The van der Waals surface area contributed by atoms with E-state index in [4.69, 9.17) is 10.5 Å². The van der Waals surface area contributed by atoms with E-state index in [0.717, 1.165) is 20.2 Å². The van der Waals surface area contributed by atoms with Crippen LogP contribution in [0.2, 0.25) is 0 Å². The third-order valence-corrected chi connectivity index (χ3v) is 4.10. The number of primary amides is 1. The summed E-state index contributed by atoms with van der Waals surface area (Å²) in [5.74, 6) is 0.251. The Balaban J connectivity index is 2.28. The highest BCUT2D eigenvalue weighted by Gasteiger charge is 2.18. The van der Waals surface area contributed by atoms with Crippen LogP contribution in [0, 0.1) is 0 Å². The molecule has 1 amide bonds. The van der Waals surface area contributed by atoms with Crippen LogP contribution in [0.3, 0.4) is 0 Å². The molecule has 0 aliphatic rings. The number of hydrogen-bond donors (Lipinski definition) is 2. The zero-order valence-electron chi connectivity index (χ0n) is 11.3. The summed E-state index contributed by atoms with van der Waals surface area (Å²) in [6, 6.07) is 12.3. The number of benzene rings is 2. The number of carbonyl (C=O) groups is 1. The lowest BCUT2D eigenvalue weighted by atomic mass is 10.1. The van der Waals surface area contributed by atoms with Crippen molar-refractivity contribution in [3.63, 3.8) is 0 Å². The van der Waals surface area contributed by atoms with Crippen LogP contribution in [0.1, 0.15) is 11.6 Å². The van der Waals surface area contributed by atoms with E-state index in [9.17, 15) is 4.79 Å². The quantitative estimate of drug-likeness (QED) is 0.782. The summed E-state index contributed by atoms with van der Waals surface area (Å²) in [6.07, 6.45) is 0. The normalized spacial score (nSPS) is 11.8. The topological polar surface area (TPSA) is 64.3 Å². The van der Waals surface area contributed by atoms with Gasteiger partial charge in [0.1, 0.15) is 11.8 Å². The van der Waals surface area contributed by atoms with E-state index >= 15 is 0 Å². The molecule has 0 aliphatic carbocycles. The lowest BCUT2D eigenvalue weighted by Gasteiger charge is -2.18. The molecule has 0 heterocycles. The van der Waals surface area contributed by atoms with Gasteiger partial charge in [0.05, 0.1) is 11.6 Å². The molecule has 0 bridgehead atoms. The van der Waals surface area contributed by atoms with Crippen molar-refractivity contribution in [2.45, 2.75) is 6.04 Å². The van der Waals surface area contributed by atoms with Gasteiger partial charge >= 0.3 is 0 Å². The average molecular weight is 414 g/mol. The monoisotopic (exact) mass is 412 g/mol. The van der Waals surface area contributed by atoms with Crippen molar-refractivity contribution in [3.8, 4) is 5.75 Å². The fourth-order valence-electron chi connectivity index (χ4n) is 1.89. The lowest BCUT2D eigenvalue weighted by molar-refractivity contribution is -0.118. The summed E-state index contributed by atoms with van der Waals surface area (Å²) >= 11 is 6.78. The Morgan fingerprint density at radius 2 is 1.86 bits per heavy atom. The summed E-state index contributed by atoms with van der Waals surface area (Å²) in [5, 5.41) is 3.13. The number of nitrogens with two attached hydrogens (primary N) is 1. The average Bonchev–Trinajstić information content (AvgIpc) is 2.46. The smallest absolute Gasteiger partial charge is 0.244 e. The van der Waals surface area contributed by atoms with E-state index in [1.54, 1.807) is 13.2 Å². The maximum Gasteiger partial charge on any atom is 0.244 e. The summed E-state index contributed by atoms with van der Waals surface area (Å²) in [4.78, 5) is 11.7. The molecule has 3 N–H and O–H groups in total. The first kappa shape index (κ1) is 15.9. The Labute approximate surface area is 139 Å². The molecule has 0 spiro atoms. The minimum Gasteiger partial charge on any atom is -0.496 e. The SMILES string of the molecule is COc1ccc(C(Nc2ccc(Br)cc2)C(N)=O)cc1Br. The molecule has 1 atom stereocenters. The second-order valence-electron chi connectivity index (χ2n) is 4.38. The first-order chi connectivity index (χ1) is 10.0. The zero-order valence-corrected chi connectivity index (χ0v) is 14.4. The van der Waals surface area contributed by atoms with Crippen LogP contribution >= 0.6 is 31.9 Å². The minimum atomic E-state index is -0.617. The highest BCUT2D eigenvalue weighted by Crippen LogP contribution is 2.29. The molecule has 110 valence electrons. The third-order valence-electron chi connectivity index (χ3n) is 2.95. The van der Waals surface area contributed by atoms with Crippen molar-refractivity contribution >= 4 is 43.5 Å². The van der Waals surface area contributed by atoms with Gasteiger partial charge in [-0.2, -0.15) is 0 Å². The molecule has 0 radical (unpaired) electrons. The molecule has 1 unspecified atom stereocenters. The molecule has 2 aromatic carbocycles. The fraction of sp³-hybridized carbons (Fsp3) is 0.133. The number of ether oxygens (including phenoxy) is 1. The van der Waals surface area contributed by atoms with E-state index in [1.165, 1.54) is 0 Å². The highest BCUT2D eigenvalue weighted by atomic mass is 79.9.